The SMILES string of the molecule is CC(N)C1(O)CN(C(=O)c2cc3n[nH]nc3c(F)c2Nc2ccc(I)cc2F)C1. The van der Waals surface area contributed by atoms with Crippen LogP contribution >= 0.6 is 22.6 Å². The maximum Gasteiger partial charge on any atom is 0.256 e. The third-order valence-electron chi connectivity index (χ3n) is 5.04. The van der Waals surface area contributed by atoms with Crippen molar-refractivity contribution in [3.8, 4) is 0 Å². The van der Waals surface area contributed by atoms with Gasteiger partial charge in [-0.15, -0.1) is 0 Å². The number of nitrogens with two attached hydrogens (primary N) is 1. The second kappa shape index (κ2) is 7.15. The molecule has 0 spiro atoms. The monoisotopic (exact) mass is 514 g/mol. The van der Waals surface area contributed by atoms with Crippen molar-refractivity contribution in [3.63, 3.8) is 0 Å². The largest absolute Gasteiger partial charge is 0.385 e. The maximum atomic E-state index is 15.1. The van der Waals surface area contributed by atoms with Gasteiger partial charge in [0.05, 0.1) is 30.0 Å². The van der Waals surface area contributed by atoms with Crippen molar-refractivity contribution in [1.29, 1.82) is 0 Å². The summed E-state index contributed by atoms with van der Waals surface area (Å²) in [4.78, 5) is 14.4. The van der Waals surface area contributed by atoms with Crippen molar-refractivity contribution in [1.82, 2.24) is 20.3 Å². The van der Waals surface area contributed by atoms with Crippen LogP contribution in [0.4, 0.5) is 20.2 Å². The molecule has 0 radical (unpaired) electrons. The van der Waals surface area contributed by atoms with Crippen molar-refractivity contribution in [2.75, 3.05) is 18.4 Å². The van der Waals surface area contributed by atoms with Crippen LogP contribution in [0.15, 0.2) is 24.3 Å². The smallest absolute Gasteiger partial charge is 0.256 e. The molecule has 2 aromatic carbocycles. The van der Waals surface area contributed by atoms with Crippen LogP contribution in [0.5, 0.6) is 0 Å². The molecule has 11 heteroatoms. The standard InChI is InChI=1S/C18H17F2IN6O2/c1-8(22)18(29)6-27(7-18)17(28)10-5-13-16(25-26-24-13)14(20)15(10)23-12-3-2-9(21)4-11(12)19/h2-5,8,23,29H,6-7,22H2,1H3,(H,24,25,26). The third-order valence-corrected chi connectivity index (χ3v) is 5.71. The summed E-state index contributed by atoms with van der Waals surface area (Å²) in [5.74, 6) is -1.96. The Kier molecular flexibility index (Phi) is 4.91. The van der Waals surface area contributed by atoms with E-state index in [4.69, 9.17) is 5.73 Å². The number of hydrogen-bond donors (Lipinski definition) is 4. The molecule has 0 saturated carbocycles. The van der Waals surface area contributed by atoms with Gasteiger partial charge in [-0.1, -0.05) is 0 Å². The number of carbonyl (C=O) groups excluding carboxylic acids is 1. The van der Waals surface area contributed by atoms with E-state index < -0.39 is 29.2 Å². The predicted octanol–water partition coefficient (Wildman–Crippen LogP) is 2.12. The fourth-order valence-corrected chi connectivity index (χ4v) is 3.63. The number of rotatable bonds is 4. The van der Waals surface area contributed by atoms with E-state index in [1.807, 2.05) is 22.6 Å². The molecular formula is C18H17F2IN6O2. The summed E-state index contributed by atoms with van der Waals surface area (Å²) in [6, 6.07) is 5.24. The number of aromatic amines is 1. The van der Waals surface area contributed by atoms with E-state index in [1.165, 1.54) is 23.1 Å². The fraction of sp³-hybridized carbons (Fsp3) is 0.278. The number of fused-ring (bicyclic) bond motifs is 1. The van der Waals surface area contributed by atoms with E-state index >= 15 is 4.39 Å². The minimum Gasteiger partial charge on any atom is -0.385 e. The number of hydrogen-bond acceptors (Lipinski definition) is 6. The Morgan fingerprint density at radius 2 is 2.10 bits per heavy atom. The number of H-pyrrole nitrogens is 1. The second-order valence-corrected chi connectivity index (χ2v) is 8.35. The first-order chi connectivity index (χ1) is 13.7. The highest BCUT2D eigenvalue weighted by Crippen LogP contribution is 2.34. The van der Waals surface area contributed by atoms with Crippen molar-refractivity contribution in [3.05, 3.63) is 45.0 Å². The van der Waals surface area contributed by atoms with Gasteiger partial charge in [-0.05, 0) is 53.8 Å². The fourth-order valence-electron chi connectivity index (χ4n) is 3.18. The number of aliphatic hydroxyl groups is 1. The molecule has 4 rings (SSSR count). The lowest BCUT2D eigenvalue weighted by Crippen LogP contribution is -2.70. The maximum absolute atomic E-state index is 15.1. The summed E-state index contributed by atoms with van der Waals surface area (Å²) in [5, 5.41) is 22.9. The van der Waals surface area contributed by atoms with Gasteiger partial charge in [-0.3, -0.25) is 4.79 Å². The Labute approximate surface area is 177 Å². The first-order valence-corrected chi connectivity index (χ1v) is 9.80. The zero-order valence-electron chi connectivity index (χ0n) is 15.2. The Hall–Kier alpha value is -2.38. The lowest BCUT2D eigenvalue weighted by molar-refractivity contribution is -0.0931. The van der Waals surface area contributed by atoms with Crippen molar-refractivity contribution >= 4 is 50.9 Å². The normalized spacial score (nSPS) is 16.6. The molecule has 5 N–H and O–H groups in total. The van der Waals surface area contributed by atoms with Crippen LogP contribution in [0, 0.1) is 15.2 Å². The minimum absolute atomic E-state index is 0.0110. The number of benzene rings is 2. The van der Waals surface area contributed by atoms with Crippen molar-refractivity contribution in [2.45, 2.75) is 18.6 Å². The summed E-state index contributed by atoms with van der Waals surface area (Å²) in [7, 11) is 0. The van der Waals surface area contributed by atoms with Crippen LogP contribution in [0.2, 0.25) is 0 Å². The summed E-state index contributed by atoms with van der Waals surface area (Å²) < 4.78 is 30.1. The molecular weight excluding hydrogens is 497 g/mol. The van der Waals surface area contributed by atoms with Crippen LogP contribution in [0.3, 0.4) is 0 Å². The Balaban J connectivity index is 1.75. The first kappa shape index (κ1) is 19.9. The van der Waals surface area contributed by atoms with Crippen molar-refractivity contribution < 1.29 is 18.7 Å². The molecule has 1 aliphatic rings. The van der Waals surface area contributed by atoms with Gasteiger partial charge in [-0.2, -0.15) is 15.4 Å². The number of amides is 1. The van der Waals surface area contributed by atoms with E-state index in [0.717, 1.165) is 0 Å². The first-order valence-electron chi connectivity index (χ1n) is 8.72. The van der Waals surface area contributed by atoms with Gasteiger partial charge in [0, 0.05) is 9.61 Å². The molecule has 8 nitrogen and oxygen atoms in total. The molecule has 152 valence electrons. The zero-order chi connectivity index (χ0) is 20.9. The van der Waals surface area contributed by atoms with E-state index in [9.17, 15) is 14.3 Å². The molecule has 29 heavy (non-hydrogen) atoms. The molecule has 1 saturated heterocycles. The molecule has 2 heterocycles. The molecule has 0 aliphatic carbocycles. The number of anilines is 2. The molecule has 1 unspecified atom stereocenters. The number of β-amino-alcohol motifs (C(OH)–C–C–N with tert-alkyl or cyclic N) is 1. The molecule has 1 aliphatic heterocycles. The zero-order valence-corrected chi connectivity index (χ0v) is 17.4. The van der Waals surface area contributed by atoms with Gasteiger partial charge in [0.15, 0.2) is 11.3 Å². The number of likely N-dealkylation sites (tertiary alicyclic amines) is 1. The Bertz CT molecular complexity index is 1110. The number of halogens is 3. The van der Waals surface area contributed by atoms with Gasteiger partial charge in [0.1, 0.15) is 16.9 Å². The van der Waals surface area contributed by atoms with E-state index in [1.54, 1.807) is 13.0 Å². The summed E-state index contributed by atoms with van der Waals surface area (Å²) in [6.45, 7) is 1.67. The quantitative estimate of drug-likeness (QED) is 0.396. The summed E-state index contributed by atoms with van der Waals surface area (Å²) in [5.41, 5.74) is 4.39. The van der Waals surface area contributed by atoms with Crippen LogP contribution < -0.4 is 11.1 Å². The van der Waals surface area contributed by atoms with Crippen LogP contribution in [0.25, 0.3) is 11.0 Å². The Morgan fingerprint density at radius 1 is 1.38 bits per heavy atom. The van der Waals surface area contributed by atoms with E-state index in [-0.39, 0.29) is 41.1 Å². The topological polar surface area (TPSA) is 120 Å². The third kappa shape index (κ3) is 3.42. The molecule has 1 atom stereocenters. The molecule has 3 aromatic rings. The second-order valence-electron chi connectivity index (χ2n) is 7.11. The number of aromatic nitrogens is 3. The van der Waals surface area contributed by atoms with Crippen LogP contribution in [-0.4, -0.2) is 56.1 Å². The van der Waals surface area contributed by atoms with E-state index in [2.05, 4.69) is 20.7 Å². The molecule has 1 amide bonds. The summed E-state index contributed by atoms with van der Waals surface area (Å²) >= 11 is 1.96. The van der Waals surface area contributed by atoms with Gasteiger partial charge in [0.2, 0.25) is 0 Å². The Morgan fingerprint density at radius 3 is 2.76 bits per heavy atom. The lowest BCUT2D eigenvalue weighted by Gasteiger charge is -2.48. The average molecular weight is 514 g/mol. The average Bonchev–Trinajstić information content (AvgIpc) is 3.11. The number of nitrogens with zero attached hydrogens (tertiary/aromatic N) is 3. The highest BCUT2D eigenvalue weighted by molar-refractivity contribution is 14.1. The lowest BCUT2D eigenvalue weighted by atomic mass is 9.87. The molecule has 1 aromatic heterocycles. The number of carbonyl (C=O) groups is 1. The van der Waals surface area contributed by atoms with Gasteiger partial charge >= 0.3 is 0 Å². The predicted molar refractivity (Wildman–Crippen MR) is 111 cm³/mol. The van der Waals surface area contributed by atoms with Crippen LogP contribution in [0.1, 0.15) is 17.3 Å². The van der Waals surface area contributed by atoms with Crippen LogP contribution in [-0.2, 0) is 0 Å². The highest BCUT2D eigenvalue weighted by Gasteiger charge is 2.47. The van der Waals surface area contributed by atoms with Crippen molar-refractivity contribution in [2.24, 2.45) is 5.73 Å². The minimum atomic E-state index is -1.19. The van der Waals surface area contributed by atoms with Gasteiger partial charge in [0.25, 0.3) is 5.91 Å². The van der Waals surface area contributed by atoms with Gasteiger partial charge < -0.3 is 21.1 Å². The highest BCUT2D eigenvalue weighted by atomic mass is 127. The summed E-state index contributed by atoms with van der Waals surface area (Å²) in [6.07, 6.45) is 0. The number of nitrogens with one attached hydrogen (secondary N) is 2. The van der Waals surface area contributed by atoms with E-state index in [0.29, 0.717) is 3.57 Å². The molecule has 0 bridgehead atoms. The molecule has 1 fully saturated rings. The van der Waals surface area contributed by atoms with Gasteiger partial charge in [-0.25, -0.2) is 8.78 Å².